The largest absolute Gasteiger partial charge is 4.00 e. The third kappa shape index (κ3) is 13.2. The van der Waals surface area contributed by atoms with Crippen LogP contribution in [-0.2, 0) is 39.0 Å². The van der Waals surface area contributed by atoms with Crippen LogP contribution in [0.1, 0.15) is 22.3 Å². The van der Waals surface area contributed by atoms with Crippen LogP contribution >= 0.6 is 0 Å². The predicted molar refractivity (Wildman–Crippen MR) is 121 cm³/mol. The molecule has 1 radical (unpaired) electrons. The van der Waals surface area contributed by atoms with E-state index in [0.29, 0.717) is 0 Å². The summed E-state index contributed by atoms with van der Waals surface area (Å²) >= 11 is 0. The Kier molecular flexibility index (Phi) is 20.4. The molecule has 0 unspecified atom stereocenters. The number of hydrogen-bond donors (Lipinski definition) is 0. The van der Waals surface area contributed by atoms with E-state index in [1.807, 2.05) is 0 Å². The summed E-state index contributed by atoms with van der Waals surface area (Å²) in [6.07, 6.45) is 2.10. The van der Waals surface area contributed by atoms with Crippen molar-refractivity contribution in [2.75, 3.05) is 0 Å². The van der Waals surface area contributed by atoms with Crippen molar-refractivity contribution in [3.8, 4) is 0 Å². The Morgan fingerprint density at radius 2 is 0.800 bits per heavy atom. The maximum absolute atomic E-state index is 2.21. The van der Waals surface area contributed by atoms with Gasteiger partial charge in [0.25, 0.3) is 0 Å². The molecule has 4 heteroatoms. The standard InChI is InChI=1S/2C12H11.C2H7Si.2ClH.Zr/c2*1-2-6-11(7-3-1)10-12-8-4-5-9-12;1-3-2;;;/h2*1-9H,10H2;3H,1-2H3;2*1H;/q2*-1;;;;+4/p-2. The van der Waals surface area contributed by atoms with Crippen LogP contribution in [0.4, 0.5) is 0 Å². The summed E-state index contributed by atoms with van der Waals surface area (Å²) in [5.41, 5.74) is 5.54. The summed E-state index contributed by atoms with van der Waals surface area (Å²) in [4.78, 5) is 0. The molecular weight excluding hydrogens is 503 g/mol. The van der Waals surface area contributed by atoms with E-state index in [-0.39, 0.29) is 51.0 Å². The van der Waals surface area contributed by atoms with E-state index in [0.717, 1.165) is 22.4 Å². The first-order valence-electron chi connectivity index (χ1n) is 9.54. The maximum Gasteiger partial charge on any atom is 4.00 e. The van der Waals surface area contributed by atoms with Crippen molar-refractivity contribution in [2.24, 2.45) is 0 Å². The first-order chi connectivity index (χ1) is 13.3. The quantitative estimate of drug-likeness (QED) is 0.266. The van der Waals surface area contributed by atoms with Gasteiger partial charge in [0, 0.05) is 9.52 Å². The van der Waals surface area contributed by atoms with Crippen LogP contribution in [0, 0.1) is 0 Å². The minimum atomic E-state index is 0. The zero-order chi connectivity index (χ0) is 19.2. The summed E-state index contributed by atoms with van der Waals surface area (Å²) in [6, 6.07) is 38.0. The van der Waals surface area contributed by atoms with Crippen molar-refractivity contribution in [2.45, 2.75) is 25.9 Å². The third-order valence-corrected chi connectivity index (χ3v) is 3.97. The second kappa shape index (κ2) is 19.8. The van der Waals surface area contributed by atoms with Gasteiger partial charge in [-0.05, 0) is 12.8 Å². The van der Waals surface area contributed by atoms with Crippen LogP contribution in [0.15, 0.2) is 109 Å². The van der Waals surface area contributed by atoms with Crippen molar-refractivity contribution in [3.63, 3.8) is 0 Å². The molecule has 0 aliphatic carbocycles. The average Bonchev–Trinajstić information content (AvgIpc) is 3.39. The third-order valence-electron chi connectivity index (χ3n) is 3.97. The summed E-state index contributed by atoms with van der Waals surface area (Å²) in [6.45, 7) is 4.42. The molecule has 0 spiro atoms. The molecule has 0 nitrogen and oxygen atoms in total. The molecule has 4 aromatic carbocycles. The van der Waals surface area contributed by atoms with E-state index in [2.05, 4.69) is 122 Å². The fourth-order valence-corrected chi connectivity index (χ4v) is 2.73. The van der Waals surface area contributed by atoms with Gasteiger partial charge in [-0.25, -0.2) is 24.3 Å². The van der Waals surface area contributed by atoms with Crippen LogP contribution < -0.4 is 24.8 Å². The Bertz CT molecular complexity index is 742. The molecular formula is C26H29Cl2SiZr. The monoisotopic (exact) mass is 529 g/mol. The minimum absolute atomic E-state index is 0. The predicted octanol–water partition coefficient (Wildman–Crippen LogP) is 0.517. The van der Waals surface area contributed by atoms with E-state index in [9.17, 15) is 0 Å². The van der Waals surface area contributed by atoms with Gasteiger partial charge >= 0.3 is 26.2 Å². The molecule has 155 valence electrons. The van der Waals surface area contributed by atoms with Crippen molar-refractivity contribution >= 4 is 9.52 Å². The van der Waals surface area contributed by atoms with Gasteiger partial charge in [0.15, 0.2) is 0 Å². The SMILES string of the molecule is C[SiH]C.[Cl-].[Cl-].[Zr+4].c1ccc(C[c-]2cccc2)cc1.c1ccc(C[c-]2cccc2)cc1. The van der Waals surface area contributed by atoms with E-state index >= 15 is 0 Å². The fraction of sp³-hybridized carbons (Fsp3) is 0.154. The van der Waals surface area contributed by atoms with E-state index in [1.54, 1.807) is 0 Å². The smallest absolute Gasteiger partial charge is 1.00 e. The van der Waals surface area contributed by atoms with E-state index < -0.39 is 0 Å². The summed E-state index contributed by atoms with van der Waals surface area (Å²) < 4.78 is 0. The second-order valence-electron chi connectivity index (χ2n) is 6.49. The number of rotatable bonds is 4. The van der Waals surface area contributed by atoms with Gasteiger partial charge in [0.1, 0.15) is 0 Å². The van der Waals surface area contributed by atoms with Gasteiger partial charge in [-0.15, -0.1) is 0 Å². The topological polar surface area (TPSA) is 0 Å². The zero-order valence-corrected chi connectivity index (χ0v) is 22.8. The van der Waals surface area contributed by atoms with Gasteiger partial charge in [-0.1, -0.05) is 84.9 Å². The van der Waals surface area contributed by atoms with Gasteiger partial charge in [-0.2, -0.15) is 35.4 Å². The first kappa shape index (κ1) is 31.0. The Morgan fingerprint density at radius 3 is 1.07 bits per heavy atom. The molecule has 0 saturated heterocycles. The van der Waals surface area contributed by atoms with Crippen LogP contribution in [0.5, 0.6) is 0 Å². The number of hydrogen-bond acceptors (Lipinski definition) is 0. The molecule has 0 bridgehead atoms. The van der Waals surface area contributed by atoms with Crippen molar-refractivity contribution in [1.29, 1.82) is 0 Å². The normalized spacial score (nSPS) is 8.60. The average molecular weight is 532 g/mol. The summed E-state index contributed by atoms with van der Waals surface area (Å²) in [5.74, 6) is 0. The van der Waals surface area contributed by atoms with Gasteiger partial charge in [0.05, 0.1) is 0 Å². The molecule has 4 rings (SSSR count). The molecule has 0 fully saturated rings. The molecule has 0 aromatic heterocycles. The zero-order valence-electron chi connectivity index (χ0n) is 17.6. The van der Waals surface area contributed by atoms with Crippen LogP contribution in [-0.4, -0.2) is 9.52 Å². The molecule has 4 aromatic rings. The Balaban J connectivity index is 0. The molecule has 0 aliphatic rings. The fourth-order valence-electron chi connectivity index (χ4n) is 2.73. The van der Waals surface area contributed by atoms with Crippen molar-refractivity contribution < 1.29 is 51.0 Å². The molecule has 0 amide bonds. The Morgan fingerprint density at radius 1 is 0.533 bits per heavy atom. The molecule has 30 heavy (non-hydrogen) atoms. The van der Waals surface area contributed by atoms with Crippen molar-refractivity contribution in [3.05, 3.63) is 131 Å². The molecule has 0 N–H and O–H groups in total. The van der Waals surface area contributed by atoms with Gasteiger partial charge < -0.3 is 24.8 Å². The Labute approximate surface area is 216 Å². The number of benzene rings is 2. The van der Waals surface area contributed by atoms with E-state index in [4.69, 9.17) is 0 Å². The molecule has 0 atom stereocenters. The minimum Gasteiger partial charge on any atom is -1.00 e. The van der Waals surface area contributed by atoms with Crippen molar-refractivity contribution in [1.82, 2.24) is 0 Å². The van der Waals surface area contributed by atoms with E-state index in [1.165, 1.54) is 22.3 Å². The van der Waals surface area contributed by atoms with Crippen LogP contribution in [0.25, 0.3) is 0 Å². The number of halogens is 2. The second-order valence-corrected chi connectivity index (χ2v) is 7.64. The van der Waals surface area contributed by atoms with Gasteiger partial charge in [0.2, 0.25) is 0 Å². The Hall–Kier alpha value is -1.18. The van der Waals surface area contributed by atoms with Crippen LogP contribution in [0.3, 0.4) is 0 Å². The maximum atomic E-state index is 2.21. The molecule has 0 aliphatic heterocycles. The van der Waals surface area contributed by atoms with Crippen LogP contribution in [0.2, 0.25) is 13.1 Å². The summed E-state index contributed by atoms with van der Waals surface area (Å²) in [5, 5.41) is 0. The molecule has 0 heterocycles. The van der Waals surface area contributed by atoms with Gasteiger partial charge in [-0.3, -0.25) is 0 Å². The first-order valence-corrected chi connectivity index (χ1v) is 11.9. The molecule has 0 saturated carbocycles. The summed E-state index contributed by atoms with van der Waals surface area (Å²) in [7, 11) is 0.750.